The van der Waals surface area contributed by atoms with Gasteiger partial charge in [-0.1, -0.05) is 0 Å². The highest BCUT2D eigenvalue weighted by molar-refractivity contribution is 6.20. The van der Waals surface area contributed by atoms with E-state index in [4.69, 9.17) is 11.6 Å². The van der Waals surface area contributed by atoms with Gasteiger partial charge in [-0.25, -0.2) is 4.98 Å². The Balaban J connectivity index is 2.66. The summed E-state index contributed by atoms with van der Waals surface area (Å²) in [5, 5.41) is -0.0667. The van der Waals surface area contributed by atoms with Crippen LogP contribution in [0.1, 0.15) is 29.3 Å². The molecule has 1 aromatic heterocycles. The van der Waals surface area contributed by atoms with Gasteiger partial charge in [0.05, 0.1) is 16.4 Å². The molecule has 74 valence electrons. The van der Waals surface area contributed by atoms with Gasteiger partial charge in [0.25, 0.3) is 0 Å². The summed E-state index contributed by atoms with van der Waals surface area (Å²) in [4.78, 5) is 7.65. The molecule has 0 saturated heterocycles. The second-order valence-electron chi connectivity index (χ2n) is 3.69. The minimum Gasteiger partial charge on any atom is -0.341 e. The quantitative estimate of drug-likeness (QED) is 0.715. The van der Waals surface area contributed by atoms with E-state index in [9.17, 15) is 0 Å². The molecule has 0 bridgehead atoms. The number of aromatic amines is 1. The van der Waals surface area contributed by atoms with E-state index in [1.54, 1.807) is 0 Å². The Morgan fingerprint density at radius 3 is 2.57 bits per heavy atom. The first-order valence-corrected chi connectivity index (χ1v) is 5.12. The number of rotatable bonds is 1. The molecule has 2 nitrogen and oxygen atoms in total. The zero-order valence-electron chi connectivity index (χ0n) is 8.56. The number of benzene rings is 1. The number of aromatic nitrogens is 2. The fraction of sp³-hybridized carbons (Fsp3) is 0.364. The van der Waals surface area contributed by atoms with Gasteiger partial charge in [-0.05, 0) is 44.0 Å². The average molecular weight is 209 g/mol. The van der Waals surface area contributed by atoms with Crippen molar-refractivity contribution in [1.29, 1.82) is 0 Å². The molecule has 1 heterocycles. The lowest BCUT2D eigenvalue weighted by atomic mass is 10.1. The third kappa shape index (κ3) is 1.50. The Hall–Kier alpha value is -1.02. The number of aryl methyl sites for hydroxylation is 2. The van der Waals surface area contributed by atoms with Gasteiger partial charge in [-0.15, -0.1) is 11.6 Å². The number of nitrogens with zero attached hydrogens (tertiary/aromatic N) is 1. The molecule has 3 heteroatoms. The first-order chi connectivity index (χ1) is 6.58. The molecule has 0 fully saturated rings. The molecule has 1 aromatic carbocycles. The Morgan fingerprint density at radius 2 is 1.93 bits per heavy atom. The van der Waals surface area contributed by atoms with E-state index in [1.165, 1.54) is 11.1 Å². The summed E-state index contributed by atoms with van der Waals surface area (Å²) in [5.41, 5.74) is 4.60. The maximum Gasteiger partial charge on any atom is 0.125 e. The van der Waals surface area contributed by atoms with Gasteiger partial charge < -0.3 is 4.98 Å². The second kappa shape index (κ2) is 3.28. The van der Waals surface area contributed by atoms with E-state index >= 15 is 0 Å². The number of hydrogen-bond acceptors (Lipinski definition) is 1. The van der Waals surface area contributed by atoms with Crippen LogP contribution >= 0.6 is 11.6 Å². The van der Waals surface area contributed by atoms with Crippen LogP contribution < -0.4 is 0 Å². The molecular weight excluding hydrogens is 196 g/mol. The van der Waals surface area contributed by atoms with E-state index in [0.29, 0.717) is 0 Å². The summed E-state index contributed by atoms with van der Waals surface area (Å²) in [6.07, 6.45) is 0. The summed E-state index contributed by atoms with van der Waals surface area (Å²) < 4.78 is 0. The maximum absolute atomic E-state index is 5.96. The van der Waals surface area contributed by atoms with Gasteiger partial charge in [0.2, 0.25) is 0 Å². The minimum atomic E-state index is -0.0667. The number of hydrogen-bond donors (Lipinski definition) is 1. The van der Waals surface area contributed by atoms with Crippen molar-refractivity contribution in [2.24, 2.45) is 0 Å². The fourth-order valence-corrected chi connectivity index (χ4v) is 1.58. The summed E-state index contributed by atoms with van der Waals surface area (Å²) >= 11 is 5.96. The fourth-order valence-electron chi connectivity index (χ4n) is 1.48. The van der Waals surface area contributed by atoms with Crippen molar-refractivity contribution in [3.8, 4) is 0 Å². The first-order valence-electron chi connectivity index (χ1n) is 4.69. The smallest absolute Gasteiger partial charge is 0.125 e. The normalized spacial score (nSPS) is 13.4. The van der Waals surface area contributed by atoms with Crippen LogP contribution in [0.15, 0.2) is 12.1 Å². The average Bonchev–Trinajstić information content (AvgIpc) is 2.48. The van der Waals surface area contributed by atoms with Crippen molar-refractivity contribution in [2.75, 3.05) is 0 Å². The lowest BCUT2D eigenvalue weighted by Crippen LogP contribution is -1.85. The third-order valence-corrected chi connectivity index (χ3v) is 2.70. The molecule has 2 rings (SSSR count). The number of halogens is 1. The molecule has 0 spiro atoms. The Bertz CT molecular complexity index is 432. The molecule has 0 aliphatic carbocycles. The van der Waals surface area contributed by atoms with Crippen LogP contribution in [0.2, 0.25) is 0 Å². The predicted molar refractivity (Wildman–Crippen MR) is 59.8 cm³/mol. The molecule has 1 atom stereocenters. The van der Waals surface area contributed by atoms with Gasteiger partial charge in [-0.2, -0.15) is 0 Å². The molecule has 2 aromatic rings. The lowest BCUT2D eigenvalue weighted by Gasteiger charge is -1.97. The van der Waals surface area contributed by atoms with Gasteiger partial charge >= 0.3 is 0 Å². The van der Waals surface area contributed by atoms with Crippen molar-refractivity contribution in [3.63, 3.8) is 0 Å². The standard InChI is InChI=1S/C11H13ClN2/c1-6-4-9-10(5-7(6)2)14-11(13-9)8(3)12/h4-5,8H,1-3H3,(H,13,14). The molecule has 0 aliphatic heterocycles. The van der Waals surface area contributed by atoms with Gasteiger partial charge in [0.15, 0.2) is 0 Å². The van der Waals surface area contributed by atoms with E-state index in [1.807, 2.05) is 6.92 Å². The van der Waals surface area contributed by atoms with Crippen LogP contribution in [0.3, 0.4) is 0 Å². The van der Waals surface area contributed by atoms with Crippen molar-refractivity contribution in [2.45, 2.75) is 26.1 Å². The summed E-state index contributed by atoms with van der Waals surface area (Å²) in [5.74, 6) is 0.840. The number of alkyl halides is 1. The molecule has 0 aliphatic rings. The van der Waals surface area contributed by atoms with Crippen LogP contribution in [0.5, 0.6) is 0 Å². The summed E-state index contributed by atoms with van der Waals surface area (Å²) in [6.45, 7) is 6.10. The van der Waals surface area contributed by atoms with Crippen molar-refractivity contribution in [3.05, 3.63) is 29.1 Å². The van der Waals surface area contributed by atoms with Crippen LogP contribution in [-0.2, 0) is 0 Å². The van der Waals surface area contributed by atoms with Crippen LogP contribution in [-0.4, -0.2) is 9.97 Å². The highest BCUT2D eigenvalue weighted by Gasteiger charge is 2.08. The summed E-state index contributed by atoms with van der Waals surface area (Å²) in [6, 6.07) is 4.20. The van der Waals surface area contributed by atoms with Crippen LogP contribution in [0.25, 0.3) is 11.0 Å². The SMILES string of the molecule is Cc1cc2nc(C(C)Cl)[nH]c2cc1C. The van der Waals surface area contributed by atoms with Crippen LogP contribution in [0.4, 0.5) is 0 Å². The number of H-pyrrole nitrogens is 1. The van der Waals surface area contributed by atoms with Gasteiger partial charge in [0.1, 0.15) is 5.82 Å². The predicted octanol–water partition coefficient (Wildman–Crippen LogP) is 3.48. The van der Waals surface area contributed by atoms with E-state index in [0.717, 1.165) is 16.9 Å². The minimum absolute atomic E-state index is 0.0667. The molecule has 0 radical (unpaired) electrons. The van der Waals surface area contributed by atoms with Gasteiger partial charge in [-0.3, -0.25) is 0 Å². The number of nitrogens with one attached hydrogen (secondary N) is 1. The molecular formula is C11H13ClN2. The second-order valence-corrected chi connectivity index (χ2v) is 4.35. The lowest BCUT2D eigenvalue weighted by molar-refractivity contribution is 0.962. The van der Waals surface area contributed by atoms with Crippen molar-refractivity contribution >= 4 is 22.6 Å². The largest absolute Gasteiger partial charge is 0.341 e. The number of fused-ring (bicyclic) bond motifs is 1. The van der Waals surface area contributed by atoms with Crippen molar-refractivity contribution < 1.29 is 0 Å². The zero-order chi connectivity index (χ0) is 10.3. The number of imidazole rings is 1. The highest BCUT2D eigenvalue weighted by Crippen LogP contribution is 2.22. The zero-order valence-corrected chi connectivity index (χ0v) is 9.31. The topological polar surface area (TPSA) is 28.7 Å². The Morgan fingerprint density at radius 1 is 1.29 bits per heavy atom. The first kappa shape index (κ1) is 9.53. The molecule has 1 unspecified atom stereocenters. The summed E-state index contributed by atoms with van der Waals surface area (Å²) in [7, 11) is 0. The Kier molecular flexibility index (Phi) is 2.23. The van der Waals surface area contributed by atoms with Crippen LogP contribution in [0, 0.1) is 13.8 Å². The molecule has 0 amide bonds. The van der Waals surface area contributed by atoms with E-state index in [2.05, 4.69) is 35.9 Å². The molecule has 14 heavy (non-hydrogen) atoms. The monoisotopic (exact) mass is 208 g/mol. The van der Waals surface area contributed by atoms with E-state index < -0.39 is 0 Å². The van der Waals surface area contributed by atoms with Gasteiger partial charge in [0, 0.05) is 0 Å². The highest BCUT2D eigenvalue weighted by atomic mass is 35.5. The molecule has 1 N–H and O–H groups in total. The molecule has 0 saturated carbocycles. The van der Waals surface area contributed by atoms with E-state index in [-0.39, 0.29) is 5.38 Å². The Labute approximate surface area is 88.3 Å². The maximum atomic E-state index is 5.96. The van der Waals surface area contributed by atoms with Crippen molar-refractivity contribution in [1.82, 2.24) is 9.97 Å². The third-order valence-electron chi connectivity index (χ3n) is 2.49.